The molecule has 6 heteroatoms. The number of nitrogens with two attached hydrogens (primary N) is 1. The number of halogens is 2. The lowest BCUT2D eigenvalue weighted by Gasteiger charge is -2.05. The molecular formula is C14H15BrClN3O. The molecule has 0 saturated carbocycles. The molecule has 0 radical (unpaired) electrons. The Morgan fingerprint density at radius 2 is 2.20 bits per heavy atom. The molecule has 2 rings (SSSR count). The molecule has 0 bridgehead atoms. The minimum absolute atomic E-state index is 0.0155. The number of hydrogen-bond acceptors (Lipinski definition) is 3. The van der Waals surface area contributed by atoms with Gasteiger partial charge in [0.2, 0.25) is 0 Å². The second kappa shape index (κ2) is 5.97. The van der Waals surface area contributed by atoms with Crippen LogP contribution in [0.3, 0.4) is 0 Å². The summed E-state index contributed by atoms with van der Waals surface area (Å²) in [6, 6.07) is 4.93. The van der Waals surface area contributed by atoms with Crippen molar-refractivity contribution in [2.45, 2.75) is 19.8 Å². The molecule has 0 unspecified atom stereocenters. The van der Waals surface area contributed by atoms with Crippen LogP contribution in [0.15, 0.2) is 22.7 Å². The van der Waals surface area contributed by atoms with E-state index in [9.17, 15) is 4.79 Å². The first-order chi connectivity index (χ1) is 9.43. The van der Waals surface area contributed by atoms with E-state index in [1.807, 2.05) is 14.0 Å². The quantitative estimate of drug-likeness (QED) is 0.674. The summed E-state index contributed by atoms with van der Waals surface area (Å²) in [6.45, 7) is 2.03. The van der Waals surface area contributed by atoms with Gasteiger partial charge in [-0.2, -0.15) is 5.10 Å². The summed E-state index contributed by atoms with van der Waals surface area (Å²) in [7, 11) is 1.84. The number of nitrogen functional groups attached to an aromatic ring is 1. The van der Waals surface area contributed by atoms with Crippen LogP contribution >= 0.6 is 27.5 Å². The maximum atomic E-state index is 12.3. The topological polar surface area (TPSA) is 60.9 Å². The van der Waals surface area contributed by atoms with Gasteiger partial charge in [-0.3, -0.25) is 9.48 Å². The van der Waals surface area contributed by atoms with Crippen molar-refractivity contribution in [2.24, 2.45) is 7.05 Å². The van der Waals surface area contributed by atoms with Crippen molar-refractivity contribution in [3.63, 3.8) is 0 Å². The third-order valence-electron chi connectivity index (χ3n) is 3.15. The minimum Gasteiger partial charge on any atom is -0.398 e. The highest BCUT2D eigenvalue weighted by molar-refractivity contribution is 9.10. The predicted molar refractivity (Wildman–Crippen MR) is 84.2 cm³/mol. The molecule has 2 N–H and O–H groups in total. The maximum absolute atomic E-state index is 12.3. The number of rotatable bonds is 4. The first kappa shape index (κ1) is 15.1. The van der Waals surface area contributed by atoms with Crippen LogP contribution < -0.4 is 5.73 Å². The Morgan fingerprint density at radius 3 is 2.75 bits per heavy atom. The molecule has 4 nitrogen and oxygen atoms in total. The zero-order valence-corrected chi connectivity index (χ0v) is 13.6. The van der Waals surface area contributed by atoms with Crippen molar-refractivity contribution in [1.82, 2.24) is 9.78 Å². The van der Waals surface area contributed by atoms with Crippen LogP contribution in [0.25, 0.3) is 0 Å². The second-order valence-corrected chi connectivity index (χ2v) is 5.72. The van der Waals surface area contributed by atoms with E-state index >= 15 is 0 Å². The van der Waals surface area contributed by atoms with E-state index in [-0.39, 0.29) is 12.2 Å². The number of carbonyl (C=O) groups excluding carboxylic acids is 1. The third kappa shape index (κ3) is 2.88. The van der Waals surface area contributed by atoms with Crippen LogP contribution in [0.2, 0.25) is 5.02 Å². The number of aryl methyl sites for hydroxylation is 2. The van der Waals surface area contributed by atoms with E-state index in [1.54, 1.807) is 22.9 Å². The summed E-state index contributed by atoms with van der Waals surface area (Å²) < 4.78 is 2.64. The maximum Gasteiger partial charge on any atom is 0.168 e. The Balaban J connectivity index is 2.28. The Labute approximate surface area is 131 Å². The van der Waals surface area contributed by atoms with E-state index < -0.39 is 0 Å². The van der Waals surface area contributed by atoms with Crippen molar-refractivity contribution in [2.75, 3.05) is 5.73 Å². The Hall–Kier alpha value is -1.33. The number of aromatic nitrogens is 2. The van der Waals surface area contributed by atoms with Gasteiger partial charge in [-0.05, 0) is 40.5 Å². The zero-order chi connectivity index (χ0) is 14.9. The SMILES string of the molecule is CCc1nn(C)c(CC(=O)c2ccc(N)c(Cl)c2)c1Br. The van der Waals surface area contributed by atoms with E-state index in [2.05, 4.69) is 21.0 Å². The Morgan fingerprint density at radius 1 is 1.50 bits per heavy atom. The van der Waals surface area contributed by atoms with E-state index in [0.29, 0.717) is 16.3 Å². The molecule has 0 saturated heterocycles. The standard InChI is InChI=1S/C14H15BrClN3O/c1-3-11-14(15)12(19(2)18-11)7-13(20)8-4-5-10(17)9(16)6-8/h4-6H,3,7,17H2,1-2H3. The zero-order valence-electron chi connectivity index (χ0n) is 11.3. The van der Waals surface area contributed by atoms with Crippen molar-refractivity contribution >= 4 is 39.0 Å². The average molecular weight is 357 g/mol. The second-order valence-electron chi connectivity index (χ2n) is 4.52. The molecule has 1 aromatic carbocycles. The summed E-state index contributed by atoms with van der Waals surface area (Å²) in [4.78, 5) is 12.3. The molecule has 1 aromatic heterocycles. The van der Waals surface area contributed by atoms with Crippen LogP contribution in [0, 0.1) is 0 Å². The molecule has 2 aromatic rings. The highest BCUT2D eigenvalue weighted by atomic mass is 79.9. The molecule has 20 heavy (non-hydrogen) atoms. The average Bonchev–Trinajstić information content (AvgIpc) is 2.69. The lowest BCUT2D eigenvalue weighted by atomic mass is 10.1. The largest absolute Gasteiger partial charge is 0.398 e. The monoisotopic (exact) mass is 355 g/mol. The lowest BCUT2D eigenvalue weighted by molar-refractivity contribution is 0.0990. The van der Waals surface area contributed by atoms with E-state index in [0.717, 1.165) is 22.3 Å². The number of carbonyl (C=O) groups is 1. The van der Waals surface area contributed by atoms with Gasteiger partial charge >= 0.3 is 0 Å². The summed E-state index contributed by atoms with van der Waals surface area (Å²) in [6.07, 6.45) is 1.08. The molecule has 0 amide bonds. The summed E-state index contributed by atoms with van der Waals surface area (Å²) in [5.74, 6) is -0.0155. The van der Waals surface area contributed by atoms with Gasteiger partial charge in [-0.25, -0.2) is 0 Å². The highest BCUT2D eigenvalue weighted by Gasteiger charge is 2.17. The fourth-order valence-corrected chi connectivity index (χ4v) is 2.90. The number of Topliss-reactive ketones (excluding diaryl/α,β-unsaturated/α-hetero) is 1. The van der Waals surface area contributed by atoms with Gasteiger partial charge in [0, 0.05) is 12.6 Å². The van der Waals surface area contributed by atoms with Crippen LogP contribution in [0.5, 0.6) is 0 Å². The number of hydrogen-bond donors (Lipinski definition) is 1. The van der Waals surface area contributed by atoms with Gasteiger partial charge in [-0.15, -0.1) is 0 Å². The highest BCUT2D eigenvalue weighted by Crippen LogP contribution is 2.24. The minimum atomic E-state index is -0.0155. The van der Waals surface area contributed by atoms with Gasteiger partial charge in [0.05, 0.1) is 33.0 Å². The predicted octanol–water partition coefficient (Wildman–Crippen LogP) is 3.41. The van der Waals surface area contributed by atoms with Crippen LogP contribution in [0.1, 0.15) is 28.7 Å². The van der Waals surface area contributed by atoms with Gasteiger partial charge in [0.1, 0.15) is 0 Å². The molecule has 0 atom stereocenters. The Kier molecular flexibility index (Phi) is 4.50. The van der Waals surface area contributed by atoms with Crippen molar-refractivity contribution in [3.05, 3.63) is 44.6 Å². The fourth-order valence-electron chi connectivity index (χ4n) is 1.97. The van der Waals surface area contributed by atoms with Crippen molar-refractivity contribution in [3.8, 4) is 0 Å². The molecule has 1 heterocycles. The number of ketones is 1. The molecule has 0 aliphatic carbocycles. The van der Waals surface area contributed by atoms with Crippen molar-refractivity contribution in [1.29, 1.82) is 0 Å². The molecule has 0 aliphatic heterocycles. The summed E-state index contributed by atoms with van der Waals surface area (Å²) in [5.41, 5.74) is 8.48. The lowest BCUT2D eigenvalue weighted by Crippen LogP contribution is -2.08. The number of nitrogens with zero attached hydrogens (tertiary/aromatic N) is 2. The first-order valence-corrected chi connectivity index (χ1v) is 7.39. The van der Waals surface area contributed by atoms with Gasteiger partial charge < -0.3 is 5.73 Å². The Bertz CT molecular complexity index is 667. The molecule has 0 spiro atoms. The first-order valence-electron chi connectivity index (χ1n) is 6.22. The fraction of sp³-hybridized carbons (Fsp3) is 0.286. The molecular weight excluding hydrogens is 342 g/mol. The molecule has 0 fully saturated rings. The van der Waals surface area contributed by atoms with Gasteiger partial charge in [0.15, 0.2) is 5.78 Å². The van der Waals surface area contributed by atoms with Crippen molar-refractivity contribution < 1.29 is 4.79 Å². The van der Waals surface area contributed by atoms with E-state index in [4.69, 9.17) is 17.3 Å². The van der Waals surface area contributed by atoms with Crippen LogP contribution in [-0.4, -0.2) is 15.6 Å². The molecule has 0 aliphatic rings. The number of benzene rings is 1. The molecule has 106 valence electrons. The smallest absolute Gasteiger partial charge is 0.168 e. The van der Waals surface area contributed by atoms with Crippen LogP contribution in [-0.2, 0) is 19.9 Å². The summed E-state index contributed by atoms with van der Waals surface area (Å²) >= 11 is 9.45. The van der Waals surface area contributed by atoms with E-state index in [1.165, 1.54) is 0 Å². The number of anilines is 1. The van der Waals surface area contributed by atoms with Gasteiger partial charge in [-0.1, -0.05) is 18.5 Å². The third-order valence-corrected chi connectivity index (χ3v) is 4.40. The van der Waals surface area contributed by atoms with Crippen LogP contribution in [0.4, 0.5) is 5.69 Å². The van der Waals surface area contributed by atoms with Gasteiger partial charge in [0.25, 0.3) is 0 Å². The normalized spacial score (nSPS) is 10.8. The summed E-state index contributed by atoms with van der Waals surface area (Å²) in [5, 5.41) is 4.78.